The van der Waals surface area contributed by atoms with Crippen LogP contribution in [0, 0.1) is 0 Å². The fourth-order valence-electron chi connectivity index (χ4n) is 3.76. The number of hydrogen-bond acceptors (Lipinski definition) is 5. The van der Waals surface area contributed by atoms with Crippen LogP contribution in [0.1, 0.15) is 24.5 Å². The van der Waals surface area contributed by atoms with Gasteiger partial charge in [0.25, 0.3) is 0 Å². The monoisotopic (exact) mass is 375 g/mol. The van der Waals surface area contributed by atoms with Crippen LogP contribution in [0.25, 0.3) is 0 Å². The third-order valence-corrected chi connectivity index (χ3v) is 5.14. The fourth-order valence-corrected chi connectivity index (χ4v) is 3.76. The van der Waals surface area contributed by atoms with E-state index in [4.69, 9.17) is 9.84 Å². The zero-order chi connectivity index (χ0) is 19.2. The maximum atomic E-state index is 12.5. The van der Waals surface area contributed by atoms with Crippen molar-refractivity contribution in [1.82, 2.24) is 14.7 Å². The van der Waals surface area contributed by atoms with Crippen molar-refractivity contribution in [3.63, 3.8) is 0 Å². The van der Waals surface area contributed by atoms with Gasteiger partial charge in [-0.15, -0.1) is 0 Å². The minimum absolute atomic E-state index is 0.0269. The molecule has 0 atom stereocenters. The number of ether oxygens (including phenoxy) is 1. The van der Waals surface area contributed by atoms with Gasteiger partial charge in [-0.05, 0) is 30.2 Å². The van der Waals surface area contributed by atoms with E-state index in [9.17, 15) is 9.59 Å². The second-order valence-corrected chi connectivity index (χ2v) is 7.30. The maximum Gasteiger partial charge on any atom is 0.317 e. The Bertz CT molecular complexity index is 671. The highest BCUT2D eigenvalue weighted by molar-refractivity contribution is 5.79. The van der Waals surface area contributed by atoms with E-state index in [0.717, 1.165) is 44.8 Å². The lowest BCUT2D eigenvalue weighted by Gasteiger charge is -2.35. The molecule has 0 spiro atoms. The molecule has 1 aromatic carbocycles. The van der Waals surface area contributed by atoms with Crippen LogP contribution in [0.3, 0.4) is 0 Å². The van der Waals surface area contributed by atoms with Gasteiger partial charge in [-0.2, -0.15) is 0 Å². The highest BCUT2D eigenvalue weighted by Gasteiger charge is 2.23. The number of carboxylic acids is 1. The van der Waals surface area contributed by atoms with Crippen molar-refractivity contribution in [1.29, 1.82) is 0 Å². The van der Waals surface area contributed by atoms with Crippen LogP contribution in [-0.2, 0) is 22.6 Å². The van der Waals surface area contributed by atoms with E-state index in [1.165, 1.54) is 11.1 Å². The quantitative estimate of drug-likeness (QED) is 0.733. The first-order valence-corrected chi connectivity index (χ1v) is 9.74. The molecule has 1 aromatic rings. The molecule has 1 amide bonds. The Hall–Kier alpha value is -2.12. The lowest BCUT2D eigenvalue weighted by Crippen LogP contribution is -2.51. The lowest BCUT2D eigenvalue weighted by atomic mass is 10.1. The van der Waals surface area contributed by atoms with Gasteiger partial charge in [0.05, 0.1) is 19.7 Å². The third-order valence-electron chi connectivity index (χ3n) is 5.14. The largest absolute Gasteiger partial charge is 0.493 e. The Kier molecular flexibility index (Phi) is 6.68. The highest BCUT2D eigenvalue weighted by Crippen LogP contribution is 2.26. The normalized spacial score (nSPS) is 17.0. The Balaban J connectivity index is 1.46. The number of rotatable bonds is 8. The molecule has 7 nitrogen and oxygen atoms in total. The SMILES string of the molecule is CCCN(CC(=O)O)CC(=O)N1CCN(Cc2ccc3c(c2)CCO3)CC1. The first-order valence-electron chi connectivity index (χ1n) is 9.74. The summed E-state index contributed by atoms with van der Waals surface area (Å²) >= 11 is 0. The van der Waals surface area contributed by atoms with E-state index in [2.05, 4.69) is 23.1 Å². The van der Waals surface area contributed by atoms with Crippen LogP contribution in [-0.4, -0.2) is 84.1 Å². The standard InChI is InChI=1S/C20H29N3O4/c1-2-6-22(15-20(25)26)14-19(24)23-9-7-21(8-10-23)13-16-3-4-18-17(12-16)5-11-27-18/h3-4,12H,2,5-11,13-15H2,1H3,(H,25,26). The van der Waals surface area contributed by atoms with E-state index in [0.29, 0.717) is 19.6 Å². The van der Waals surface area contributed by atoms with Crippen molar-refractivity contribution in [3.8, 4) is 5.75 Å². The molecule has 2 aliphatic heterocycles. The van der Waals surface area contributed by atoms with Crippen molar-refractivity contribution in [2.24, 2.45) is 0 Å². The van der Waals surface area contributed by atoms with Gasteiger partial charge < -0.3 is 14.7 Å². The van der Waals surface area contributed by atoms with E-state index in [-0.39, 0.29) is 19.0 Å². The van der Waals surface area contributed by atoms with Gasteiger partial charge in [0.15, 0.2) is 0 Å². The molecule has 1 N–H and O–H groups in total. The molecule has 148 valence electrons. The van der Waals surface area contributed by atoms with Gasteiger partial charge in [-0.3, -0.25) is 19.4 Å². The molecular formula is C20H29N3O4. The summed E-state index contributed by atoms with van der Waals surface area (Å²) in [6.07, 6.45) is 1.82. The number of hydrogen-bond donors (Lipinski definition) is 1. The summed E-state index contributed by atoms with van der Waals surface area (Å²) in [5.41, 5.74) is 2.57. The Morgan fingerprint density at radius 1 is 1.19 bits per heavy atom. The minimum Gasteiger partial charge on any atom is -0.493 e. The van der Waals surface area contributed by atoms with E-state index < -0.39 is 5.97 Å². The summed E-state index contributed by atoms with van der Waals surface area (Å²) in [7, 11) is 0. The zero-order valence-corrected chi connectivity index (χ0v) is 16.0. The smallest absolute Gasteiger partial charge is 0.317 e. The number of amides is 1. The van der Waals surface area contributed by atoms with Crippen LogP contribution in [0.5, 0.6) is 5.75 Å². The molecule has 0 unspecified atom stereocenters. The number of benzene rings is 1. The van der Waals surface area contributed by atoms with Gasteiger partial charge in [-0.1, -0.05) is 19.1 Å². The van der Waals surface area contributed by atoms with Crippen LogP contribution in [0.2, 0.25) is 0 Å². The lowest BCUT2D eigenvalue weighted by molar-refractivity contribution is -0.140. The number of carbonyl (C=O) groups is 2. The molecule has 0 radical (unpaired) electrons. The number of carboxylic acid groups (broad SMARTS) is 1. The first-order chi connectivity index (χ1) is 13.0. The second kappa shape index (κ2) is 9.19. The maximum absolute atomic E-state index is 12.5. The summed E-state index contributed by atoms with van der Waals surface area (Å²) in [6.45, 7) is 7.44. The molecule has 1 fully saturated rings. The molecule has 2 heterocycles. The van der Waals surface area contributed by atoms with Gasteiger partial charge in [0.2, 0.25) is 5.91 Å². The summed E-state index contributed by atoms with van der Waals surface area (Å²) in [6, 6.07) is 6.41. The van der Waals surface area contributed by atoms with Gasteiger partial charge >= 0.3 is 5.97 Å². The van der Waals surface area contributed by atoms with Gasteiger partial charge in [0.1, 0.15) is 5.75 Å². The van der Waals surface area contributed by atoms with Crippen LogP contribution in [0.15, 0.2) is 18.2 Å². The second-order valence-electron chi connectivity index (χ2n) is 7.30. The van der Waals surface area contributed by atoms with Gasteiger partial charge in [-0.25, -0.2) is 0 Å². The number of fused-ring (bicyclic) bond motifs is 1. The first kappa shape index (κ1) is 19.6. The van der Waals surface area contributed by atoms with Crippen LogP contribution < -0.4 is 4.74 Å². The average Bonchev–Trinajstić information content (AvgIpc) is 3.09. The summed E-state index contributed by atoms with van der Waals surface area (Å²) in [4.78, 5) is 29.4. The molecular weight excluding hydrogens is 346 g/mol. The highest BCUT2D eigenvalue weighted by atomic mass is 16.5. The molecule has 0 bridgehead atoms. The Morgan fingerprint density at radius 3 is 2.67 bits per heavy atom. The van der Waals surface area contributed by atoms with Crippen molar-refractivity contribution in [2.45, 2.75) is 26.3 Å². The molecule has 27 heavy (non-hydrogen) atoms. The van der Waals surface area contributed by atoms with E-state index in [1.54, 1.807) is 4.90 Å². The molecule has 0 saturated carbocycles. The van der Waals surface area contributed by atoms with Crippen molar-refractivity contribution in [2.75, 3.05) is 52.4 Å². The summed E-state index contributed by atoms with van der Waals surface area (Å²) in [5, 5.41) is 8.99. The molecule has 3 rings (SSSR count). The third kappa shape index (κ3) is 5.43. The van der Waals surface area contributed by atoms with Crippen LogP contribution >= 0.6 is 0 Å². The number of carbonyl (C=O) groups excluding carboxylic acids is 1. The number of aliphatic carboxylic acids is 1. The molecule has 2 aliphatic rings. The summed E-state index contributed by atoms with van der Waals surface area (Å²) < 4.78 is 5.56. The number of nitrogens with zero attached hydrogens (tertiary/aromatic N) is 3. The molecule has 7 heteroatoms. The van der Waals surface area contributed by atoms with E-state index >= 15 is 0 Å². The van der Waals surface area contributed by atoms with Crippen LogP contribution in [0.4, 0.5) is 0 Å². The van der Waals surface area contributed by atoms with Crippen molar-refractivity contribution in [3.05, 3.63) is 29.3 Å². The van der Waals surface area contributed by atoms with Gasteiger partial charge in [0, 0.05) is 39.1 Å². The minimum atomic E-state index is -0.888. The molecule has 0 aliphatic carbocycles. The average molecular weight is 375 g/mol. The predicted molar refractivity (Wildman–Crippen MR) is 102 cm³/mol. The van der Waals surface area contributed by atoms with Crippen molar-refractivity contribution < 1.29 is 19.4 Å². The summed E-state index contributed by atoms with van der Waals surface area (Å²) in [5.74, 6) is 0.145. The predicted octanol–water partition coefficient (Wildman–Crippen LogP) is 1.06. The van der Waals surface area contributed by atoms with E-state index in [1.807, 2.05) is 11.8 Å². The Labute approximate surface area is 160 Å². The molecule has 0 aromatic heterocycles. The van der Waals surface area contributed by atoms with Crippen molar-refractivity contribution >= 4 is 11.9 Å². The fraction of sp³-hybridized carbons (Fsp3) is 0.600. The Morgan fingerprint density at radius 2 is 1.96 bits per heavy atom. The number of piperazine rings is 1. The zero-order valence-electron chi connectivity index (χ0n) is 16.0. The molecule has 1 saturated heterocycles. The topological polar surface area (TPSA) is 73.3 Å².